The first-order valence-electron chi connectivity index (χ1n) is 11.0. The van der Waals surface area contributed by atoms with E-state index >= 15 is 0 Å². The highest BCUT2D eigenvalue weighted by molar-refractivity contribution is 5.76. The number of carbonyl (C=O) groups excluding carboxylic acids is 3. The van der Waals surface area contributed by atoms with Gasteiger partial charge in [-0.2, -0.15) is 0 Å². The van der Waals surface area contributed by atoms with Crippen LogP contribution in [0.2, 0.25) is 0 Å². The summed E-state index contributed by atoms with van der Waals surface area (Å²) in [5.41, 5.74) is 0. The number of rotatable bonds is 9. The molecule has 2 amide bonds. The molecule has 2 fully saturated rings. The highest BCUT2D eigenvalue weighted by Gasteiger charge is 2.23. The second-order valence-electron chi connectivity index (χ2n) is 8.33. The number of nitrogens with zero attached hydrogens (tertiary/aromatic N) is 3. The molecule has 15 nitrogen and oxygen atoms in total. The Labute approximate surface area is 198 Å². The Balaban J connectivity index is 0.00000544. The van der Waals surface area contributed by atoms with Crippen LogP contribution in [0.3, 0.4) is 0 Å². The van der Waals surface area contributed by atoms with Crippen molar-refractivity contribution in [2.75, 3.05) is 98.2 Å². The molecule has 0 spiro atoms. The minimum atomic E-state index is -1.17. The smallest absolute Gasteiger partial charge is 0.317 e. The lowest BCUT2D eigenvalue weighted by atomic mass is 10.3. The van der Waals surface area contributed by atoms with Crippen LogP contribution in [0.25, 0.3) is 0 Å². The van der Waals surface area contributed by atoms with E-state index in [1.807, 2.05) is 0 Å². The summed E-state index contributed by atoms with van der Waals surface area (Å²) in [6.45, 7) is 5.59. The SMILES string of the molecule is O.O.O=C([O-])C[NH+]1CCN(CCN2CCNC2=O)CC[NH+](CC(=O)[O-])CCN(CC(=O)O)CC1. The molecule has 2 rings (SSSR count). The second-order valence-corrected chi connectivity index (χ2v) is 8.33. The van der Waals surface area contributed by atoms with Crippen LogP contribution < -0.4 is 25.3 Å². The van der Waals surface area contributed by atoms with Crippen LogP contribution in [0.5, 0.6) is 0 Å². The van der Waals surface area contributed by atoms with Crippen LogP contribution in [-0.4, -0.2) is 153 Å². The lowest BCUT2D eigenvalue weighted by molar-refractivity contribution is -0.898. The Bertz CT molecular complexity index is 636. The van der Waals surface area contributed by atoms with Gasteiger partial charge in [0.25, 0.3) is 0 Å². The maximum Gasteiger partial charge on any atom is 0.317 e. The average molecular weight is 495 g/mol. The van der Waals surface area contributed by atoms with Crippen molar-refractivity contribution >= 4 is 23.9 Å². The molecule has 0 radical (unpaired) electrons. The maximum absolute atomic E-state index is 11.8. The van der Waals surface area contributed by atoms with E-state index in [1.165, 1.54) is 0 Å². The summed E-state index contributed by atoms with van der Waals surface area (Å²) < 4.78 is 0. The summed E-state index contributed by atoms with van der Waals surface area (Å²) in [6, 6.07) is -0.105. The maximum atomic E-state index is 11.8. The van der Waals surface area contributed by atoms with E-state index < -0.39 is 17.9 Å². The van der Waals surface area contributed by atoms with Crippen LogP contribution in [-0.2, 0) is 14.4 Å². The summed E-state index contributed by atoms with van der Waals surface area (Å²) in [6.07, 6.45) is 0. The van der Waals surface area contributed by atoms with Gasteiger partial charge in [-0.25, -0.2) is 4.79 Å². The molecule has 2 atom stereocenters. The van der Waals surface area contributed by atoms with Gasteiger partial charge in [0.05, 0.1) is 44.7 Å². The van der Waals surface area contributed by atoms with Gasteiger partial charge in [0, 0.05) is 52.4 Å². The molecular formula is C19H38N6O9. The van der Waals surface area contributed by atoms with Crippen molar-refractivity contribution in [2.45, 2.75) is 0 Å². The minimum Gasteiger partial charge on any atom is -0.544 e. The Morgan fingerprint density at radius 1 is 0.824 bits per heavy atom. The predicted molar refractivity (Wildman–Crippen MR) is 114 cm³/mol. The fraction of sp³-hybridized carbons (Fsp3) is 0.789. The Morgan fingerprint density at radius 2 is 1.29 bits per heavy atom. The predicted octanol–water partition coefficient (Wildman–Crippen LogP) is -9.67. The number of carboxylic acid groups (broad SMARTS) is 3. The van der Waals surface area contributed by atoms with Gasteiger partial charge in [0.1, 0.15) is 13.1 Å². The van der Waals surface area contributed by atoms with Gasteiger partial charge in [-0.1, -0.05) is 0 Å². The largest absolute Gasteiger partial charge is 0.544 e. The zero-order valence-electron chi connectivity index (χ0n) is 19.3. The zero-order chi connectivity index (χ0) is 23.5. The molecule has 2 aliphatic heterocycles. The molecule has 2 unspecified atom stereocenters. The molecule has 15 heteroatoms. The zero-order valence-corrected chi connectivity index (χ0v) is 19.3. The quantitative estimate of drug-likeness (QED) is 0.238. The topological polar surface area (TPSA) is 228 Å². The van der Waals surface area contributed by atoms with E-state index in [4.69, 9.17) is 0 Å². The highest BCUT2D eigenvalue weighted by atomic mass is 16.4. The molecule has 2 aliphatic rings. The van der Waals surface area contributed by atoms with Crippen molar-refractivity contribution in [3.63, 3.8) is 0 Å². The monoisotopic (exact) mass is 494 g/mol. The van der Waals surface area contributed by atoms with E-state index in [0.717, 1.165) is 9.80 Å². The van der Waals surface area contributed by atoms with Crippen LogP contribution in [0.4, 0.5) is 4.79 Å². The number of nitrogens with one attached hydrogen (secondary N) is 3. The molecule has 0 aromatic rings. The van der Waals surface area contributed by atoms with Gasteiger partial charge in [0.2, 0.25) is 0 Å². The number of carboxylic acids is 3. The number of aliphatic carboxylic acids is 3. The van der Waals surface area contributed by atoms with Crippen molar-refractivity contribution in [3.8, 4) is 0 Å². The fourth-order valence-electron chi connectivity index (χ4n) is 4.06. The molecule has 0 bridgehead atoms. The first kappa shape index (κ1) is 31.4. The normalized spacial score (nSPS) is 22.9. The number of hydrogen-bond donors (Lipinski definition) is 4. The summed E-state index contributed by atoms with van der Waals surface area (Å²) in [7, 11) is 0. The van der Waals surface area contributed by atoms with Crippen molar-refractivity contribution in [3.05, 3.63) is 0 Å². The second kappa shape index (κ2) is 16.1. The first-order valence-corrected chi connectivity index (χ1v) is 11.0. The molecule has 0 aromatic heterocycles. The van der Waals surface area contributed by atoms with E-state index in [-0.39, 0.29) is 36.6 Å². The molecular weight excluding hydrogens is 456 g/mol. The van der Waals surface area contributed by atoms with Crippen LogP contribution in [0.15, 0.2) is 0 Å². The van der Waals surface area contributed by atoms with E-state index in [9.17, 15) is 34.5 Å². The van der Waals surface area contributed by atoms with Gasteiger partial charge >= 0.3 is 12.0 Å². The third-order valence-corrected chi connectivity index (χ3v) is 5.91. The van der Waals surface area contributed by atoms with Crippen LogP contribution in [0.1, 0.15) is 0 Å². The minimum absolute atomic E-state index is 0. The number of amides is 2. The van der Waals surface area contributed by atoms with Crippen LogP contribution in [0, 0.1) is 0 Å². The van der Waals surface area contributed by atoms with Gasteiger partial charge in [-0.3, -0.25) is 14.6 Å². The standard InChI is InChI=1S/C19H34N6O7.2H2O/c26-16(27)13-22-5-3-21(11-12-25-2-1-20-19(25)32)4-6-23(14-17(28)29)8-10-24(9-7-22)15-18(30)31;;/h1-15H2,(H,20,32)(H,26,27)(H,28,29)(H,30,31);2*1H2. The lowest BCUT2D eigenvalue weighted by Crippen LogP contribution is -3.16. The van der Waals surface area contributed by atoms with Gasteiger partial charge in [-0.15, -0.1) is 0 Å². The fourth-order valence-corrected chi connectivity index (χ4v) is 4.06. The number of hydrogen-bond acceptors (Lipinski definition) is 8. The van der Waals surface area contributed by atoms with E-state index in [0.29, 0.717) is 78.5 Å². The molecule has 2 heterocycles. The highest BCUT2D eigenvalue weighted by Crippen LogP contribution is 1.97. The van der Waals surface area contributed by atoms with E-state index in [2.05, 4.69) is 10.2 Å². The van der Waals surface area contributed by atoms with E-state index in [1.54, 1.807) is 9.80 Å². The average Bonchev–Trinajstić information content (AvgIpc) is 3.11. The van der Waals surface area contributed by atoms with Crippen molar-refractivity contribution in [2.24, 2.45) is 0 Å². The third kappa shape index (κ3) is 12.1. The van der Waals surface area contributed by atoms with Gasteiger partial charge < -0.3 is 55.9 Å². The first-order chi connectivity index (χ1) is 15.2. The molecule has 0 aliphatic carbocycles. The van der Waals surface area contributed by atoms with Crippen LogP contribution >= 0.6 is 0 Å². The molecule has 0 saturated carbocycles. The molecule has 198 valence electrons. The van der Waals surface area contributed by atoms with Crippen molar-refractivity contribution in [1.29, 1.82) is 0 Å². The van der Waals surface area contributed by atoms with Gasteiger partial charge in [0.15, 0.2) is 0 Å². The summed E-state index contributed by atoms with van der Waals surface area (Å²) in [5.74, 6) is -3.32. The molecule has 0 aromatic carbocycles. The number of urea groups is 1. The Kier molecular flexibility index (Phi) is 14.9. The number of quaternary nitrogens is 2. The molecule has 2 saturated heterocycles. The Morgan fingerprint density at radius 3 is 1.68 bits per heavy atom. The van der Waals surface area contributed by atoms with Crippen molar-refractivity contribution < 1.29 is 55.2 Å². The summed E-state index contributed by atoms with van der Waals surface area (Å²) in [4.78, 5) is 52.5. The molecule has 8 N–H and O–H groups in total. The lowest BCUT2D eigenvalue weighted by Gasteiger charge is -2.32. The third-order valence-electron chi connectivity index (χ3n) is 5.91. The van der Waals surface area contributed by atoms with Crippen molar-refractivity contribution in [1.82, 2.24) is 20.0 Å². The van der Waals surface area contributed by atoms with Gasteiger partial charge in [-0.05, 0) is 0 Å². The Hall–Kier alpha value is -2.56. The summed E-state index contributed by atoms with van der Waals surface area (Å²) >= 11 is 0. The number of carbonyl (C=O) groups is 4. The molecule has 34 heavy (non-hydrogen) atoms. The summed E-state index contributed by atoms with van der Waals surface area (Å²) in [5, 5.41) is 34.3.